The summed E-state index contributed by atoms with van der Waals surface area (Å²) in [5, 5.41) is 4.32. The van der Waals surface area contributed by atoms with Gasteiger partial charge in [0.2, 0.25) is 5.91 Å². The van der Waals surface area contributed by atoms with Crippen LogP contribution in [0.15, 0.2) is 59.6 Å². The van der Waals surface area contributed by atoms with Gasteiger partial charge in [-0.15, -0.1) is 11.8 Å². The number of benzene rings is 2. The van der Waals surface area contributed by atoms with E-state index in [2.05, 4.69) is 10.3 Å². The predicted octanol–water partition coefficient (Wildman–Crippen LogP) is 5.66. The molecule has 0 aliphatic carbocycles. The summed E-state index contributed by atoms with van der Waals surface area (Å²) in [5.41, 5.74) is 1.43. The van der Waals surface area contributed by atoms with Gasteiger partial charge in [-0.1, -0.05) is 47.5 Å². The number of rotatable bonds is 4. The van der Waals surface area contributed by atoms with Gasteiger partial charge in [-0.05, 0) is 31.2 Å². The molecule has 1 N–H and O–H groups in total. The Morgan fingerprint density at radius 2 is 1.92 bits per heavy atom. The van der Waals surface area contributed by atoms with Crippen LogP contribution in [0.2, 0.25) is 10.0 Å². The van der Waals surface area contributed by atoms with Gasteiger partial charge in [-0.3, -0.25) is 9.78 Å². The maximum absolute atomic E-state index is 12.5. The Kier molecular flexibility index (Phi) is 5.29. The number of thioether (sulfide) groups is 1. The standard InChI is InChI=1S/C18H14Cl2N2OS/c1-11(18(23)22-15-8-4-6-13(19)17(15)20)24-16-9-10-21-14-7-3-2-5-12(14)16/h2-11H,1H3,(H,22,23). The molecule has 3 aromatic rings. The minimum atomic E-state index is -0.300. The van der Waals surface area contributed by atoms with Crippen LogP contribution in [0.1, 0.15) is 6.92 Å². The second kappa shape index (κ2) is 7.43. The van der Waals surface area contributed by atoms with Crippen molar-refractivity contribution in [3.05, 3.63) is 64.8 Å². The zero-order valence-electron chi connectivity index (χ0n) is 12.8. The fourth-order valence-electron chi connectivity index (χ4n) is 2.25. The molecule has 0 spiro atoms. The molecule has 1 aromatic heterocycles. The summed E-state index contributed by atoms with van der Waals surface area (Å²) in [6.07, 6.45) is 1.75. The summed E-state index contributed by atoms with van der Waals surface area (Å²) in [6.45, 7) is 1.85. The van der Waals surface area contributed by atoms with Crippen LogP contribution in [-0.2, 0) is 4.79 Å². The number of para-hydroxylation sites is 1. The first-order valence-corrected chi connectivity index (χ1v) is 8.95. The molecule has 1 unspecified atom stereocenters. The van der Waals surface area contributed by atoms with Gasteiger partial charge in [0.1, 0.15) is 0 Å². The van der Waals surface area contributed by atoms with Gasteiger partial charge in [0.05, 0.1) is 26.5 Å². The van der Waals surface area contributed by atoms with Crippen LogP contribution in [0.3, 0.4) is 0 Å². The van der Waals surface area contributed by atoms with Crippen molar-refractivity contribution in [2.75, 3.05) is 5.32 Å². The average Bonchev–Trinajstić information content (AvgIpc) is 2.59. The lowest BCUT2D eigenvalue weighted by Gasteiger charge is -2.14. The SMILES string of the molecule is CC(Sc1ccnc2ccccc12)C(=O)Nc1cccc(Cl)c1Cl. The highest BCUT2D eigenvalue weighted by Gasteiger charge is 2.17. The molecule has 6 heteroatoms. The van der Waals surface area contributed by atoms with Gasteiger partial charge >= 0.3 is 0 Å². The number of fused-ring (bicyclic) bond motifs is 1. The zero-order chi connectivity index (χ0) is 17.1. The van der Waals surface area contributed by atoms with E-state index in [0.29, 0.717) is 15.7 Å². The quantitative estimate of drug-likeness (QED) is 0.597. The molecule has 122 valence electrons. The Bertz CT molecular complexity index is 896. The number of hydrogen-bond donors (Lipinski definition) is 1. The third-order valence-corrected chi connectivity index (χ3v) is 5.49. The van der Waals surface area contributed by atoms with Crippen LogP contribution in [-0.4, -0.2) is 16.1 Å². The first-order chi connectivity index (χ1) is 11.6. The Labute approximate surface area is 154 Å². The summed E-state index contributed by atoms with van der Waals surface area (Å²) in [6, 6.07) is 14.9. The Morgan fingerprint density at radius 1 is 1.12 bits per heavy atom. The van der Waals surface area contributed by atoms with E-state index in [9.17, 15) is 4.79 Å². The van der Waals surface area contributed by atoms with Crippen LogP contribution in [0, 0.1) is 0 Å². The number of anilines is 1. The van der Waals surface area contributed by atoms with E-state index >= 15 is 0 Å². The van der Waals surface area contributed by atoms with E-state index in [1.807, 2.05) is 37.3 Å². The number of halogens is 2. The number of carbonyl (C=O) groups excluding carboxylic acids is 1. The molecule has 3 rings (SSSR count). The van der Waals surface area contributed by atoms with Crippen molar-refractivity contribution in [3.8, 4) is 0 Å². The van der Waals surface area contributed by atoms with Crippen molar-refractivity contribution in [1.82, 2.24) is 4.98 Å². The predicted molar refractivity (Wildman–Crippen MR) is 102 cm³/mol. The Hall–Kier alpha value is -1.75. The lowest BCUT2D eigenvalue weighted by molar-refractivity contribution is -0.115. The number of pyridine rings is 1. The Balaban J connectivity index is 1.77. The summed E-state index contributed by atoms with van der Waals surface area (Å²) in [7, 11) is 0. The summed E-state index contributed by atoms with van der Waals surface area (Å²) < 4.78 is 0. The highest BCUT2D eigenvalue weighted by atomic mass is 35.5. The fraction of sp³-hybridized carbons (Fsp3) is 0.111. The summed E-state index contributed by atoms with van der Waals surface area (Å²) in [5.74, 6) is -0.134. The van der Waals surface area contributed by atoms with Crippen LogP contribution in [0.5, 0.6) is 0 Å². The molecule has 1 amide bonds. The molecule has 0 radical (unpaired) electrons. The molecule has 0 aliphatic rings. The number of amides is 1. The van der Waals surface area contributed by atoms with Gasteiger partial charge in [0.25, 0.3) is 0 Å². The highest BCUT2D eigenvalue weighted by molar-refractivity contribution is 8.00. The van der Waals surface area contributed by atoms with E-state index in [0.717, 1.165) is 15.8 Å². The molecular formula is C18H14Cl2N2OS. The summed E-state index contributed by atoms with van der Waals surface area (Å²) in [4.78, 5) is 17.8. The van der Waals surface area contributed by atoms with Crippen LogP contribution < -0.4 is 5.32 Å². The maximum atomic E-state index is 12.5. The lowest BCUT2D eigenvalue weighted by atomic mass is 10.2. The van der Waals surface area contributed by atoms with E-state index < -0.39 is 0 Å². The van der Waals surface area contributed by atoms with Crippen molar-refractivity contribution in [1.29, 1.82) is 0 Å². The van der Waals surface area contributed by atoms with E-state index in [-0.39, 0.29) is 11.2 Å². The minimum Gasteiger partial charge on any atom is -0.324 e. The smallest absolute Gasteiger partial charge is 0.237 e. The van der Waals surface area contributed by atoms with Crippen molar-refractivity contribution < 1.29 is 4.79 Å². The van der Waals surface area contributed by atoms with Crippen molar-refractivity contribution >= 4 is 57.5 Å². The normalized spacial score (nSPS) is 12.1. The van der Waals surface area contributed by atoms with E-state index in [4.69, 9.17) is 23.2 Å². The van der Waals surface area contributed by atoms with E-state index in [1.165, 1.54) is 11.8 Å². The topological polar surface area (TPSA) is 42.0 Å². The molecule has 3 nitrogen and oxygen atoms in total. The molecule has 24 heavy (non-hydrogen) atoms. The van der Waals surface area contributed by atoms with Crippen molar-refractivity contribution in [2.24, 2.45) is 0 Å². The lowest BCUT2D eigenvalue weighted by Crippen LogP contribution is -2.22. The van der Waals surface area contributed by atoms with Gasteiger partial charge in [-0.2, -0.15) is 0 Å². The first kappa shape index (κ1) is 17.1. The number of hydrogen-bond acceptors (Lipinski definition) is 3. The molecule has 1 heterocycles. The molecule has 2 aromatic carbocycles. The van der Waals surface area contributed by atoms with E-state index in [1.54, 1.807) is 24.4 Å². The van der Waals surface area contributed by atoms with Crippen LogP contribution in [0.4, 0.5) is 5.69 Å². The molecule has 0 fully saturated rings. The number of carbonyl (C=O) groups is 1. The molecular weight excluding hydrogens is 363 g/mol. The minimum absolute atomic E-state index is 0.134. The average molecular weight is 377 g/mol. The fourth-order valence-corrected chi connectivity index (χ4v) is 3.58. The largest absolute Gasteiger partial charge is 0.324 e. The molecule has 0 aliphatic heterocycles. The van der Waals surface area contributed by atoms with Crippen molar-refractivity contribution in [2.45, 2.75) is 17.1 Å². The maximum Gasteiger partial charge on any atom is 0.237 e. The Morgan fingerprint density at radius 3 is 2.75 bits per heavy atom. The molecule has 0 bridgehead atoms. The molecule has 0 saturated heterocycles. The second-order valence-corrected chi connectivity index (χ2v) is 7.34. The third kappa shape index (κ3) is 3.66. The molecule has 0 saturated carbocycles. The summed E-state index contributed by atoms with van der Waals surface area (Å²) >= 11 is 13.6. The zero-order valence-corrected chi connectivity index (χ0v) is 15.1. The van der Waals surface area contributed by atoms with Crippen LogP contribution >= 0.6 is 35.0 Å². The number of aromatic nitrogens is 1. The van der Waals surface area contributed by atoms with Crippen molar-refractivity contribution in [3.63, 3.8) is 0 Å². The third-order valence-electron chi connectivity index (χ3n) is 3.49. The van der Waals surface area contributed by atoms with Gasteiger partial charge in [0.15, 0.2) is 0 Å². The van der Waals surface area contributed by atoms with Gasteiger partial charge in [0, 0.05) is 16.5 Å². The molecule has 1 atom stereocenters. The van der Waals surface area contributed by atoms with Gasteiger partial charge in [-0.25, -0.2) is 0 Å². The second-order valence-electron chi connectivity index (χ2n) is 5.18. The van der Waals surface area contributed by atoms with Gasteiger partial charge < -0.3 is 5.32 Å². The van der Waals surface area contributed by atoms with Crippen LogP contribution in [0.25, 0.3) is 10.9 Å². The first-order valence-electron chi connectivity index (χ1n) is 7.31. The monoisotopic (exact) mass is 376 g/mol. The highest BCUT2D eigenvalue weighted by Crippen LogP contribution is 2.32. The number of nitrogens with zero attached hydrogens (tertiary/aromatic N) is 1. The number of nitrogens with one attached hydrogen (secondary N) is 1.